The highest BCUT2D eigenvalue weighted by atomic mass is 35.5. The van der Waals surface area contributed by atoms with Gasteiger partial charge in [0.05, 0.1) is 0 Å². The third-order valence-corrected chi connectivity index (χ3v) is 4.77. The summed E-state index contributed by atoms with van der Waals surface area (Å²) in [6.07, 6.45) is 2.72. The molecule has 0 spiro atoms. The third kappa shape index (κ3) is 2.56. The van der Waals surface area contributed by atoms with E-state index in [9.17, 15) is 0 Å². The predicted octanol–water partition coefficient (Wildman–Crippen LogP) is 2.83. The van der Waals surface area contributed by atoms with Gasteiger partial charge >= 0.3 is 0 Å². The van der Waals surface area contributed by atoms with E-state index in [0.717, 1.165) is 17.5 Å². The molecule has 0 aliphatic carbocycles. The molecule has 3 heteroatoms. The molecule has 0 radical (unpaired) electrons. The summed E-state index contributed by atoms with van der Waals surface area (Å²) in [5.74, 6) is 0.874. The van der Waals surface area contributed by atoms with Gasteiger partial charge < -0.3 is 10.2 Å². The second kappa shape index (κ2) is 5.20. The van der Waals surface area contributed by atoms with Crippen molar-refractivity contribution >= 4 is 11.6 Å². The van der Waals surface area contributed by atoms with Crippen LogP contribution < -0.4 is 5.32 Å². The lowest BCUT2D eigenvalue weighted by Crippen LogP contribution is -2.55. The number of rotatable bonds is 3. The van der Waals surface area contributed by atoms with Crippen molar-refractivity contribution in [1.29, 1.82) is 0 Å². The summed E-state index contributed by atoms with van der Waals surface area (Å²) < 4.78 is 0. The summed E-state index contributed by atoms with van der Waals surface area (Å²) in [6, 6.07) is 6.99. The molecule has 1 atom stereocenters. The summed E-state index contributed by atoms with van der Waals surface area (Å²) in [4.78, 5) is 2.58. The first-order valence-corrected chi connectivity index (χ1v) is 7.31. The molecule has 3 saturated heterocycles. The SMILES string of the molecule is Cc1ccc(CNC2CN3CCC2CC3)c(Cl)c1. The number of benzene rings is 1. The molecule has 1 aromatic carbocycles. The Labute approximate surface area is 114 Å². The van der Waals surface area contributed by atoms with Gasteiger partial charge in [-0.3, -0.25) is 0 Å². The number of halogens is 1. The molecule has 1 N–H and O–H groups in total. The lowest BCUT2D eigenvalue weighted by Gasteiger charge is -2.45. The quantitative estimate of drug-likeness (QED) is 0.903. The van der Waals surface area contributed by atoms with Crippen molar-refractivity contribution in [3.05, 3.63) is 34.3 Å². The fourth-order valence-electron chi connectivity index (χ4n) is 3.23. The van der Waals surface area contributed by atoms with E-state index < -0.39 is 0 Å². The number of nitrogens with one attached hydrogen (secondary N) is 1. The van der Waals surface area contributed by atoms with Crippen molar-refractivity contribution in [2.75, 3.05) is 19.6 Å². The van der Waals surface area contributed by atoms with Gasteiger partial charge in [0.15, 0.2) is 0 Å². The van der Waals surface area contributed by atoms with Gasteiger partial charge in [0.25, 0.3) is 0 Å². The van der Waals surface area contributed by atoms with Gasteiger partial charge in [0, 0.05) is 24.2 Å². The zero-order valence-electron chi connectivity index (χ0n) is 11.0. The normalized spacial score (nSPS) is 30.7. The maximum atomic E-state index is 6.28. The maximum absolute atomic E-state index is 6.28. The van der Waals surface area contributed by atoms with Gasteiger partial charge in [0.2, 0.25) is 0 Å². The lowest BCUT2D eigenvalue weighted by molar-refractivity contribution is 0.0720. The maximum Gasteiger partial charge on any atom is 0.0453 e. The Balaban J connectivity index is 1.61. The van der Waals surface area contributed by atoms with Gasteiger partial charge in [0.1, 0.15) is 0 Å². The molecule has 3 aliphatic heterocycles. The molecule has 3 heterocycles. The Morgan fingerprint density at radius 3 is 2.72 bits per heavy atom. The van der Waals surface area contributed by atoms with E-state index in [-0.39, 0.29) is 0 Å². The van der Waals surface area contributed by atoms with Crippen molar-refractivity contribution in [2.45, 2.75) is 32.4 Å². The Morgan fingerprint density at radius 2 is 2.11 bits per heavy atom. The largest absolute Gasteiger partial charge is 0.308 e. The molecule has 3 aliphatic rings. The fraction of sp³-hybridized carbons (Fsp3) is 0.600. The highest BCUT2D eigenvalue weighted by molar-refractivity contribution is 6.31. The molecule has 2 bridgehead atoms. The number of piperidine rings is 3. The minimum Gasteiger partial charge on any atom is -0.308 e. The standard InChI is InChI=1S/C15H21ClN2/c1-11-2-3-13(14(16)8-11)9-17-15-10-18-6-4-12(15)5-7-18/h2-3,8,12,15,17H,4-7,9-10H2,1H3. The van der Waals surface area contributed by atoms with E-state index >= 15 is 0 Å². The molecule has 4 rings (SSSR count). The molecule has 18 heavy (non-hydrogen) atoms. The minimum atomic E-state index is 0.657. The van der Waals surface area contributed by atoms with Crippen LogP contribution in [0.5, 0.6) is 0 Å². The van der Waals surface area contributed by atoms with Crippen LogP contribution in [0, 0.1) is 12.8 Å². The number of hydrogen-bond donors (Lipinski definition) is 1. The highest BCUT2D eigenvalue weighted by Crippen LogP contribution is 2.28. The van der Waals surface area contributed by atoms with Gasteiger partial charge in [-0.1, -0.05) is 23.7 Å². The van der Waals surface area contributed by atoms with Gasteiger partial charge in [-0.25, -0.2) is 0 Å². The van der Waals surface area contributed by atoms with Gasteiger partial charge in [-0.2, -0.15) is 0 Å². The average Bonchev–Trinajstić information content (AvgIpc) is 2.39. The van der Waals surface area contributed by atoms with Gasteiger partial charge in [-0.15, -0.1) is 0 Å². The van der Waals surface area contributed by atoms with Crippen LogP contribution in [0.4, 0.5) is 0 Å². The molecular formula is C15H21ClN2. The molecule has 0 aromatic heterocycles. The van der Waals surface area contributed by atoms with Crippen molar-refractivity contribution in [2.24, 2.45) is 5.92 Å². The molecule has 1 aromatic rings. The van der Waals surface area contributed by atoms with Crippen LogP contribution in [0.25, 0.3) is 0 Å². The Hall–Kier alpha value is -0.570. The van der Waals surface area contributed by atoms with Crippen molar-refractivity contribution in [3.8, 4) is 0 Å². The summed E-state index contributed by atoms with van der Waals surface area (Å²) in [5.41, 5.74) is 2.45. The molecule has 98 valence electrons. The summed E-state index contributed by atoms with van der Waals surface area (Å²) >= 11 is 6.28. The van der Waals surface area contributed by atoms with Crippen LogP contribution in [0.15, 0.2) is 18.2 Å². The first-order chi connectivity index (χ1) is 8.72. The monoisotopic (exact) mass is 264 g/mol. The molecule has 1 unspecified atom stereocenters. The lowest BCUT2D eigenvalue weighted by atomic mass is 9.84. The molecule has 0 amide bonds. The molecule has 0 saturated carbocycles. The Kier molecular flexibility index (Phi) is 3.60. The number of aryl methyl sites for hydroxylation is 1. The van der Waals surface area contributed by atoms with Crippen LogP contribution in [-0.4, -0.2) is 30.6 Å². The van der Waals surface area contributed by atoms with Gasteiger partial charge in [-0.05, 0) is 56.0 Å². The Morgan fingerprint density at radius 1 is 1.33 bits per heavy atom. The third-order valence-electron chi connectivity index (χ3n) is 4.42. The zero-order chi connectivity index (χ0) is 12.5. The first kappa shape index (κ1) is 12.5. The van der Waals surface area contributed by atoms with Crippen LogP contribution in [0.3, 0.4) is 0 Å². The molecule has 3 fully saturated rings. The van der Waals surface area contributed by atoms with E-state index in [1.54, 1.807) is 0 Å². The zero-order valence-corrected chi connectivity index (χ0v) is 11.7. The second-order valence-corrected chi connectivity index (χ2v) is 6.13. The van der Waals surface area contributed by atoms with Crippen molar-refractivity contribution in [1.82, 2.24) is 10.2 Å². The second-order valence-electron chi connectivity index (χ2n) is 5.72. The van der Waals surface area contributed by atoms with E-state index in [2.05, 4.69) is 35.3 Å². The number of fused-ring (bicyclic) bond motifs is 3. The number of nitrogens with zero attached hydrogens (tertiary/aromatic N) is 1. The minimum absolute atomic E-state index is 0.657. The summed E-state index contributed by atoms with van der Waals surface area (Å²) in [6.45, 7) is 6.79. The summed E-state index contributed by atoms with van der Waals surface area (Å²) in [5, 5.41) is 4.60. The van der Waals surface area contributed by atoms with Crippen LogP contribution in [0.2, 0.25) is 5.02 Å². The predicted molar refractivity (Wildman–Crippen MR) is 76.0 cm³/mol. The smallest absolute Gasteiger partial charge is 0.0453 e. The van der Waals surface area contributed by atoms with E-state index in [0.29, 0.717) is 6.04 Å². The topological polar surface area (TPSA) is 15.3 Å². The number of hydrogen-bond acceptors (Lipinski definition) is 2. The average molecular weight is 265 g/mol. The fourth-order valence-corrected chi connectivity index (χ4v) is 3.54. The van der Waals surface area contributed by atoms with Crippen molar-refractivity contribution < 1.29 is 0 Å². The van der Waals surface area contributed by atoms with E-state index in [1.165, 1.54) is 43.6 Å². The Bertz CT molecular complexity index is 425. The van der Waals surface area contributed by atoms with Crippen LogP contribution in [-0.2, 0) is 6.54 Å². The molecule has 2 nitrogen and oxygen atoms in total. The van der Waals surface area contributed by atoms with Crippen LogP contribution >= 0.6 is 11.6 Å². The first-order valence-electron chi connectivity index (χ1n) is 6.93. The van der Waals surface area contributed by atoms with Crippen LogP contribution in [0.1, 0.15) is 24.0 Å². The van der Waals surface area contributed by atoms with Crippen molar-refractivity contribution in [3.63, 3.8) is 0 Å². The molecular weight excluding hydrogens is 244 g/mol. The van der Waals surface area contributed by atoms with E-state index in [1.807, 2.05) is 0 Å². The van der Waals surface area contributed by atoms with E-state index in [4.69, 9.17) is 11.6 Å². The summed E-state index contributed by atoms with van der Waals surface area (Å²) in [7, 11) is 0. The highest BCUT2D eigenvalue weighted by Gasteiger charge is 2.33.